The highest BCUT2D eigenvalue weighted by atomic mass is 31.2. The van der Waals surface area contributed by atoms with Crippen LogP contribution in [-0.4, -0.2) is 6.34 Å². The van der Waals surface area contributed by atoms with Gasteiger partial charge in [-0.3, -0.25) is 9.24 Å². The van der Waals surface area contributed by atoms with Crippen molar-refractivity contribution in [1.29, 1.82) is 0 Å². The van der Waals surface area contributed by atoms with Crippen LogP contribution in [0.5, 0.6) is 0 Å². The van der Waals surface area contributed by atoms with Crippen LogP contribution in [0.3, 0.4) is 0 Å². The number of aliphatic imine (C=N–C) groups is 1. The van der Waals surface area contributed by atoms with Crippen molar-refractivity contribution in [2.75, 3.05) is 4.67 Å². The number of hydrogen-bond donors (Lipinski definition) is 0. The van der Waals surface area contributed by atoms with E-state index in [-0.39, 0.29) is 0 Å². The minimum absolute atomic E-state index is 0.775. The first-order valence-electron chi connectivity index (χ1n) is 11.4. The van der Waals surface area contributed by atoms with Gasteiger partial charge in [-0.2, -0.15) is 0 Å². The van der Waals surface area contributed by atoms with E-state index in [9.17, 15) is 0 Å². The summed E-state index contributed by atoms with van der Waals surface area (Å²) in [6.07, 6.45) is 3.48. The standard InChI is InChI=1S/C29H29N2OP/c1-3-24-15-11-13-21-28(24)30-23-31(29-22-14-12-16-25(29)4-2)33(32,26-17-7-5-8-18-26)27-19-9-6-10-20-27/h5-23H,3-4H2,1-2H3. The second kappa shape index (κ2) is 10.5. The minimum Gasteiger partial charge on any atom is -0.289 e. The minimum atomic E-state index is -3.27. The molecule has 0 heterocycles. The largest absolute Gasteiger partial charge is 0.289 e. The fourth-order valence-corrected chi connectivity index (χ4v) is 6.67. The number of aryl methyl sites for hydroxylation is 2. The number of rotatable bonds is 8. The zero-order chi connectivity index (χ0) is 23.1. The van der Waals surface area contributed by atoms with Gasteiger partial charge in [0.1, 0.15) is 6.34 Å². The van der Waals surface area contributed by atoms with Gasteiger partial charge >= 0.3 is 0 Å². The van der Waals surface area contributed by atoms with Crippen LogP contribution in [0, 0.1) is 0 Å². The Bertz CT molecular complexity index is 1230. The Labute approximate surface area is 196 Å². The normalized spacial score (nSPS) is 11.6. The van der Waals surface area contributed by atoms with Gasteiger partial charge in [-0.15, -0.1) is 0 Å². The lowest BCUT2D eigenvalue weighted by atomic mass is 10.1. The molecule has 0 aliphatic rings. The Morgan fingerprint density at radius 3 is 1.73 bits per heavy atom. The van der Waals surface area contributed by atoms with Crippen molar-refractivity contribution in [2.45, 2.75) is 26.7 Å². The van der Waals surface area contributed by atoms with E-state index in [0.29, 0.717) is 0 Å². The molecule has 0 saturated carbocycles. The summed E-state index contributed by atoms with van der Waals surface area (Å²) >= 11 is 0. The van der Waals surface area contributed by atoms with Gasteiger partial charge in [-0.1, -0.05) is 86.6 Å². The van der Waals surface area contributed by atoms with Gasteiger partial charge in [0.25, 0.3) is 0 Å². The topological polar surface area (TPSA) is 32.7 Å². The zero-order valence-electron chi connectivity index (χ0n) is 19.1. The van der Waals surface area contributed by atoms with E-state index in [0.717, 1.165) is 46.0 Å². The third-order valence-electron chi connectivity index (χ3n) is 5.81. The van der Waals surface area contributed by atoms with Crippen LogP contribution in [0.15, 0.2) is 114 Å². The maximum atomic E-state index is 15.2. The molecule has 0 amide bonds. The highest BCUT2D eigenvalue weighted by Crippen LogP contribution is 2.50. The first-order valence-corrected chi connectivity index (χ1v) is 13.1. The molecule has 0 N–H and O–H groups in total. The van der Waals surface area contributed by atoms with Crippen molar-refractivity contribution in [2.24, 2.45) is 4.99 Å². The predicted molar refractivity (Wildman–Crippen MR) is 142 cm³/mol. The van der Waals surface area contributed by atoms with E-state index in [1.165, 1.54) is 0 Å². The van der Waals surface area contributed by atoms with E-state index >= 15 is 4.57 Å². The first kappa shape index (κ1) is 22.8. The summed E-state index contributed by atoms with van der Waals surface area (Å²) in [5, 5.41) is 1.55. The molecule has 0 aliphatic carbocycles. The predicted octanol–water partition coefficient (Wildman–Crippen LogP) is 6.91. The molecule has 3 nitrogen and oxygen atoms in total. The summed E-state index contributed by atoms with van der Waals surface area (Å²) in [6.45, 7) is 4.24. The number of anilines is 1. The Morgan fingerprint density at radius 2 is 1.15 bits per heavy atom. The molecule has 0 spiro atoms. The molecule has 0 radical (unpaired) electrons. The van der Waals surface area contributed by atoms with Crippen molar-refractivity contribution in [3.63, 3.8) is 0 Å². The molecule has 0 aliphatic heterocycles. The average molecular weight is 453 g/mol. The SMILES string of the molecule is CCc1ccccc1N=CN(c1ccccc1CC)P(=O)(c1ccccc1)c1ccccc1. The molecule has 0 saturated heterocycles. The van der Waals surface area contributed by atoms with Gasteiger partial charge in [0.15, 0.2) is 0 Å². The van der Waals surface area contributed by atoms with Gasteiger partial charge in [0.05, 0.1) is 11.4 Å². The van der Waals surface area contributed by atoms with Crippen molar-refractivity contribution < 1.29 is 4.57 Å². The lowest BCUT2D eigenvalue weighted by Gasteiger charge is -2.32. The fraction of sp³-hybridized carbons (Fsp3) is 0.138. The first-order chi connectivity index (χ1) is 16.2. The second-order valence-electron chi connectivity index (χ2n) is 7.80. The molecular formula is C29H29N2OP. The molecule has 0 bridgehead atoms. The third kappa shape index (κ3) is 4.69. The third-order valence-corrected chi connectivity index (χ3v) is 8.74. The van der Waals surface area contributed by atoms with Crippen LogP contribution >= 0.6 is 7.29 Å². The molecule has 0 aromatic heterocycles. The Hall–Kier alpha value is -3.42. The summed E-state index contributed by atoms with van der Waals surface area (Å²) in [4.78, 5) is 4.87. The van der Waals surface area contributed by atoms with Crippen LogP contribution in [0.4, 0.5) is 11.4 Å². The van der Waals surface area contributed by atoms with E-state index < -0.39 is 7.29 Å². The molecular weight excluding hydrogens is 423 g/mol. The molecule has 0 unspecified atom stereocenters. The van der Waals surface area contributed by atoms with Crippen LogP contribution in [0.25, 0.3) is 0 Å². The zero-order valence-corrected chi connectivity index (χ0v) is 20.0. The summed E-state index contributed by atoms with van der Waals surface area (Å²) in [7, 11) is -3.27. The van der Waals surface area contributed by atoms with Crippen LogP contribution in [0.1, 0.15) is 25.0 Å². The summed E-state index contributed by atoms with van der Waals surface area (Å²) in [6, 6.07) is 35.7. The summed E-state index contributed by atoms with van der Waals surface area (Å²) in [5.41, 5.74) is 4.09. The van der Waals surface area contributed by atoms with Gasteiger partial charge in [0.2, 0.25) is 7.29 Å². The van der Waals surface area contributed by atoms with Crippen LogP contribution in [-0.2, 0) is 17.4 Å². The van der Waals surface area contributed by atoms with E-state index in [2.05, 4.69) is 26.0 Å². The molecule has 33 heavy (non-hydrogen) atoms. The van der Waals surface area contributed by atoms with Crippen LogP contribution < -0.4 is 15.3 Å². The molecule has 4 aromatic carbocycles. The average Bonchev–Trinajstić information content (AvgIpc) is 2.90. The highest BCUT2D eigenvalue weighted by Gasteiger charge is 2.35. The molecule has 4 aromatic rings. The Kier molecular flexibility index (Phi) is 7.22. The summed E-state index contributed by atoms with van der Waals surface area (Å²) < 4.78 is 17.1. The van der Waals surface area contributed by atoms with E-state index in [1.54, 1.807) is 6.34 Å². The fourth-order valence-electron chi connectivity index (χ4n) is 4.03. The van der Waals surface area contributed by atoms with Gasteiger partial charge in [-0.25, -0.2) is 4.99 Å². The van der Waals surface area contributed by atoms with Crippen molar-refractivity contribution in [3.05, 3.63) is 120 Å². The molecule has 4 heteroatoms. The Balaban J connectivity index is 1.97. The van der Waals surface area contributed by atoms with Crippen molar-refractivity contribution >= 4 is 35.6 Å². The molecule has 166 valence electrons. The molecule has 4 rings (SSSR count). The quantitative estimate of drug-likeness (QED) is 0.165. The number of hydrogen-bond acceptors (Lipinski definition) is 2. The van der Waals surface area contributed by atoms with Gasteiger partial charge < -0.3 is 0 Å². The maximum absolute atomic E-state index is 15.2. The lowest BCUT2D eigenvalue weighted by Crippen LogP contribution is -2.32. The second-order valence-corrected chi connectivity index (χ2v) is 10.4. The monoisotopic (exact) mass is 452 g/mol. The van der Waals surface area contributed by atoms with Crippen molar-refractivity contribution in [1.82, 2.24) is 0 Å². The smallest absolute Gasteiger partial charge is 0.234 e. The van der Waals surface area contributed by atoms with E-state index in [4.69, 9.17) is 4.99 Å². The maximum Gasteiger partial charge on any atom is 0.234 e. The number of benzene rings is 4. The van der Waals surface area contributed by atoms with Gasteiger partial charge in [0, 0.05) is 10.6 Å². The summed E-state index contributed by atoms with van der Waals surface area (Å²) in [5.74, 6) is 0. The molecule has 0 fully saturated rings. The number of nitrogens with zero attached hydrogens (tertiary/aromatic N) is 2. The van der Waals surface area contributed by atoms with Crippen molar-refractivity contribution in [3.8, 4) is 0 Å². The Morgan fingerprint density at radius 1 is 0.667 bits per heavy atom. The highest BCUT2D eigenvalue weighted by molar-refractivity contribution is 7.80. The lowest BCUT2D eigenvalue weighted by molar-refractivity contribution is 0.587. The molecule has 0 atom stereocenters. The number of para-hydroxylation sites is 2. The van der Waals surface area contributed by atoms with Gasteiger partial charge in [-0.05, 0) is 60.4 Å². The van der Waals surface area contributed by atoms with Crippen LogP contribution in [0.2, 0.25) is 0 Å². The van der Waals surface area contributed by atoms with E-state index in [1.807, 2.05) is 102 Å².